The lowest BCUT2D eigenvalue weighted by atomic mass is 10.0. The summed E-state index contributed by atoms with van der Waals surface area (Å²) in [6.45, 7) is 1.72. The Morgan fingerprint density at radius 3 is 2.74 bits per heavy atom. The Labute approximate surface area is 134 Å². The molecule has 1 aromatic rings. The van der Waals surface area contributed by atoms with Gasteiger partial charge in [-0.15, -0.1) is 0 Å². The van der Waals surface area contributed by atoms with E-state index in [9.17, 15) is 15.0 Å². The van der Waals surface area contributed by atoms with Gasteiger partial charge in [0.25, 0.3) is 0 Å². The van der Waals surface area contributed by atoms with E-state index in [0.717, 1.165) is 25.9 Å². The van der Waals surface area contributed by atoms with E-state index in [-0.39, 0.29) is 19.1 Å². The summed E-state index contributed by atoms with van der Waals surface area (Å²) < 4.78 is 7.01. The summed E-state index contributed by atoms with van der Waals surface area (Å²) in [6, 6.07) is 1.66. The summed E-state index contributed by atoms with van der Waals surface area (Å²) in [6.07, 6.45) is 5.17. The Kier molecular flexibility index (Phi) is 5.04. The third kappa shape index (κ3) is 3.60. The van der Waals surface area contributed by atoms with Crippen LogP contribution in [0.4, 0.5) is 5.82 Å². The van der Waals surface area contributed by atoms with E-state index in [2.05, 4.69) is 14.9 Å². The van der Waals surface area contributed by atoms with Crippen molar-refractivity contribution in [2.75, 3.05) is 26.3 Å². The second-order valence-electron chi connectivity index (χ2n) is 5.95. The molecule has 2 saturated heterocycles. The van der Waals surface area contributed by atoms with Gasteiger partial charge >= 0.3 is 5.69 Å². The molecule has 0 radical (unpaired) electrons. The average molecular weight is 322 g/mol. The van der Waals surface area contributed by atoms with E-state index in [4.69, 9.17) is 4.74 Å². The molecule has 0 bridgehead atoms. The van der Waals surface area contributed by atoms with Crippen LogP contribution in [0.1, 0.15) is 25.5 Å². The monoisotopic (exact) mass is 322 g/mol. The summed E-state index contributed by atoms with van der Waals surface area (Å²) in [4.78, 5) is 22.5. The minimum atomic E-state index is -0.513. The second-order valence-corrected chi connectivity index (χ2v) is 5.95. The molecule has 2 N–H and O–H groups in total. The van der Waals surface area contributed by atoms with Crippen molar-refractivity contribution in [3.63, 3.8) is 0 Å². The molecule has 126 valence electrons. The standard InChI is InChI=1S/C15H22N4O4/c20-8-11-7-14(23-12(11)9-21)19-6-3-13(17-15(19)22)16-10-18-4-1-2-5-18/h3,6,10-12,14,20-21H,1-2,4-5,7-9H2/t11-,12-,14-/m1/s1. The number of hydrogen-bond acceptors (Lipinski definition) is 6. The highest BCUT2D eigenvalue weighted by Crippen LogP contribution is 2.32. The first-order valence-electron chi connectivity index (χ1n) is 7.96. The zero-order valence-corrected chi connectivity index (χ0v) is 12.9. The molecule has 8 nitrogen and oxygen atoms in total. The summed E-state index contributed by atoms with van der Waals surface area (Å²) in [7, 11) is 0. The van der Waals surface area contributed by atoms with Crippen molar-refractivity contribution in [1.29, 1.82) is 0 Å². The molecule has 0 aromatic carbocycles. The van der Waals surface area contributed by atoms with Gasteiger partial charge in [-0.25, -0.2) is 9.79 Å². The molecule has 23 heavy (non-hydrogen) atoms. The van der Waals surface area contributed by atoms with Crippen molar-refractivity contribution in [2.24, 2.45) is 10.9 Å². The third-order valence-electron chi connectivity index (χ3n) is 4.40. The molecule has 2 aliphatic heterocycles. The zero-order chi connectivity index (χ0) is 16.2. The Hall–Kier alpha value is -1.77. The molecule has 0 spiro atoms. The fourth-order valence-electron chi connectivity index (χ4n) is 3.04. The van der Waals surface area contributed by atoms with Gasteiger partial charge in [0.15, 0.2) is 5.82 Å². The minimum Gasteiger partial charge on any atom is -0.396 e. The SMILES string of the molecule is O=c1nc(N=CN2CCCC2)ccn1[C@H]1C[C@H](CO)[C@@H](CO)O1. The lowest BCUT2D eigenvalue weighted by Crippen LogP contribution is -2.27. The number of aromatic nitrogens is 2. The van der Waals surface area contributed by atoms with Gasteiger partial charge in [-0.3, -0.25) is 4.57 Å². The molecule has 3 atom stereocenters. The van der Waals surface area contributed by atoms with E-state index < -0.39 is 18.0 Å². The fourth-order valence-corrected chi connectivity index (χ4v) is 3.04. The van der Waals surface area contributed by atoms with Gasteiger partial charge in [-0.1, -0.05) is 0 Å². The fraction of sp³-hybridized carbons (Fsp3) is 0.667. The number of rotatable bonds is 5. The van der Waals surface area contributed by atoms with Crippen LogP contribution in [0.3, 0.4) is 0 Å². The quantitative estimate of drug-likeness (QED) is 0.579. The zero-order valence-electron chi connectivity index (χ0n) is 12.9. The van der Waals surface area contributed by atoms with Crippen molar-refractivity contribution < 1.29 is 14.9 Å². The Morgan fingerprint density at radius 2 is 2.13 bits per heavy atom. The normalized spacial score (nSPS) is 28.1. The summed E-state index contributed by atoms with van der Waals surface area (Å²) in [5, 5.41) is 18.6. The van der Waals surface area contributed by atoms with Crippen LogP contribution in [-0.2, 0) is 4.74 Å². The third-order valence-corrected chi connectivity index (χ3v) is 4.40. The van der Waals surface area contributed by atoms with Gasteiger partial charge in [0.05, 0.1) is 19.0 Å². The minimum absolute atomic E-state index is 0.0812. The van der Waals surface area contributed by atoms with Crippen LogP contribution in [0.25, 0.3) is 0 Å². The van der Waals surface area contributed by atoms with E-state index >= 15 is 0 Å². The van der Waals surface area contributed by atoms with Crippen molar-refractivity contribution in [3.05, 3.63) is 22.7 Å². The lowest BCUT2D eigenvalue weighted by molar-refractivity contribution is -0.0365. The highest BCUT2D eigenvalue weighted by Gasteiger charge is 2.35. The van der Waals surface area contributed by atoms with Gasteiger partial charge in [0.1, 0.15) is 6.23 Å². The van der Waals surface area contributed by atoms with Crippen LogP contribution >= 0.6 is 0 Å². The van der Waals surface area contributed by atoms with Gasteiger partial charge in [-0.05, 0) is 18.9 Å². The predicted octanol–water partition coefficient (Wildman–Crippen LogP) is -0.113. The maximum Gasteiger partial charge on any atom is 0.351 e. The van der Waals surface area contributed by atoms with Crippen LogP contribution < -0.4 is 5.69 Å². The number of likely N-dealkylation sites (tertiary alicyclic amines) is 1. The molecule has 0 unspecified atom stereocenters. The Balaban J connectivity index is 1.71. The first-order chi connectivity index (χ1) is 11.2. The largest absolute Gasteiger partial charge is 0.396 e. The topological polar surface area (TPSA) is 100 Å². The highest BCUT2D eigenvalue weighted by atomic mass is 16.5. The van der Waals surface area contributed by atoms with Crippen molar-refractivity contribution in [2.45, 2.75) is 31.6 Å². The molecule has 8 heteroatoms. The lowest BCUT2D eigenvalue weighted by Gasteiger charge is -2.14. The van der Waals surface area contributed by atoms with Gasteiger partial charge in [0.2, 0.25) is 0 Å². The Morgan fingerprint density at radius 1 is 1.35 bits per heavy atom. The first kappa shape index (κ1) is 16.1. The van der Waals surface area contributed by atoms with E-state index in [1.54, 1.807) is 18.6 Å². The molecule has 3 rings (SSSR count). The highest BCUT2D eigenvalue weighted by molar-refractivity contribution is 5.59. The smallest absolute Gasteiger partial charge is 0.351 e. The number of aliphatic imine (C=N–C) groups is 1. The Bertz CT molecular complexity index is 600. The van der Waals surface area contributed by atoms with Crippen LogP contribution in [0.15, 0.2) is 22.1 Å². The van der Waals surface area contributed by atoms with Crippen LogP contribution in [-0.4, -0.2) is 63.4 Å². The number of aliphatic hydroxyl groups is 2. The molecule has 2 aliphatic rings. The van der Waals surface area contributed by atoms with Crippen molar-refractivity contribution in [1.82, 2.24) is 14.5 Å². The van der Waals surface area contributed by atoms with Gasteiger partial charge in [0, 0.05) is 38.2 Å². The molecule has 0 aliphatic carbocycles. The van der Waals surface area contributed by atoms with Crippen LogP contribution in [0.2, 0.25) is 0 Å². The summed E-state index contributed by atoms with van der Waals surface area (Å²) >= 11 is 0. The summed E-state index contributed by atoms with van der Waals surface area (Å²) in [5.74, 6) is 0.193. The predicted molar refractivity (Wildman–Crippen MR) is 83.6 cm³/mol. The molecule has 1 aromatic heterocycles. The number of hydrogen-bond donors (Lipinski definition) is 2. The number of nitrogens with zero attached hydrogens (tertiary/aromatic N) is 4. The molecule has 2 fully saturated rings. The van der Waals surface area contributed by atoms with Gasteiger partial charge in [-0.2, -0.15) is 4.98 Å². The van der Waals surface area contributed by atoms with Gasteiger partial charge < -0.3 is 19.8 Å². The van der Waals surface area contributed by atoms with E-state index in [0.29, 0.717) is 12.2 Å². The van der Waals surface area contributed by atoms with Crippen molar-refractivity contribution >= 4 is 12.2 Å². The average Bonchev–Trinajstić information content (AvgIpc) is 3.22. The maximum absolute atomic E-state index is 12.2. The molecule has 3 heterocycles. The number of ether oxygens (including phenoxy) is 1. The van der Waals surface area contributed by atoms with Crippen molar-refractivity contribution in [3.8, 4) is 0 Å². The molecule has 0 amide bonds. The van der Waals surface area contributed by atoms with Crippen LogP contribution in [0.5, 0.6) is 0 Å². The maximum atomic E-state index is 12.2. The van der Waals surface area contributed by atoms with E-state index in [1.807, 2.05) is 0 Å². The first-order valence-corrected chi connectivity index (χ1v) is 7.96. The summed E-state index contributed by atoms with van der Waals surface area (Å²) in [5.41, 5.74) is -0.443. The molecule has 0 saturated carbocycles. The van der Waals surface area contributed by atoms with E-state index in [1.165, 1.54) is 4.57 Å². The van der Waals surface area contributed by atoms with Crippen LogP contribution in [0, 0.1) is 5.92 Å². The second kappa shape index (κ2) is 7.20. The number of aliphatic hydroxyl groups excluding tert-OH is 2. The molecular formula is C15H22N4O4. The molecular weight excluding hydrogens is 300 g/mol.